The lowest BCUT2D eigenvalue weighted by Crippen LogP contribution is -2.32. The lowest BCUT2D eigenvalue weighted by Gasteiger charge is -2.08. The van der Waals surface area contributed by atoms with Crippen molar-refractivity contribution in [3.05, 3.63) is 11.6 Å². The van der Waals surface area contributed by atoms with Gasteiger partial charge in [-0.15, -0.1) is 0 Å². The van der Waals surface area contributed by atoms with Gasteiger partial charge in [0.05, 0.1) is 0 Å². The topological polar surface area (TPSA) is 32.3 Å². The second-order valence-corrected chi connectivity index (χ2v) is 2.17. The average molecular weight is 186 g/mol. The molecule has 2 N–H and O–H groups in total. The van der Waals surface area contributed by atoms with E-state index in [0.717, 1.165) is 0 Å². The van der Waals surface area contributed by atoms with E-state index in [1.54, 1.807) is 6.08 Å². The molecule has 0 aromatic carbocycles. The van der Waals surface area contributed by atoms with Crippen molar-refractivity contribution in [2.24, 2.45) is 0 Å². The van der Waals surface area contributed by atoms with Crippen LogP contribution in [0.15, 0.2) is 11.6 Å². The first-order chi connectivity index (χ1) is 5.18. The number of alkyl halides is 2. The monoisotopic (exact) mass is 185 g/mol. The maximum Gasteiger partial charge on any atom is 0.265 e. The van der Waals surface area contributed by atoms with Gasteiger partial charge in [0.25, 0.3) is 6.43 Å². The molecule has 0 amide bonds. The van der Waals surface area contributed by atoms with E-state index in [4.69, 9.17) is 16.7 Å². The van der Waals surface area contributed by atoms with Crippen LogP contribution >= 0.6 is 11.6 Å². The number of halogens is 3. The molecule has 1 atom stereocenters. The normalized spacial score (nSPS) is 14.6. The lowest BCUT2D eigenvalue weighted by molar-refractivity contribution is -0.00274. The van der Waals surface area contributed by atoms with Crippen molar-refractivity contribution < 1.29 is 13.9 Å². The van der Waals surface area contributed by atoms with Crippen molar-refractivity contribution in [1.29, 1.82) is 0 Å². The maximum atomic E-state index is 11.6. The summed E-state index contributed by atoms with van der Waals surface area (Å²) in [6, 6.07) is 0. The van der Waals surface area contributed by atoms with Crippen molar-refractivity contribution in [1.82, 2.24) is 5.32 Å². The van der Waals surface area contributed by atoms with Gasteiger partial charge >= 0.3 is 0 Å². The number of aliphatic hydroxyl groups excluding tert-OH is 1. The van der Waals surface area contributed by atoms with Crippen LogP contribution in [0.1, 0.15) is 0 Å². The largest absolute Gasteiger partial charge is 0.386 e. The van der Waals surface area contributed by atoms with Crippen molar-refractivity contribution in [2.45, 2.75) is 12.5 Å². The summed E-state index contributed by atoms with van der Waals surface area (Å²) in [6.07, 6.45) is -2.74. The van der Waals surface area contributed by atoms with Crippen LogP contribution in [0.25, 0.3) is 0 Å². The van der Waals surface area contributed by atoms with E-state index < -0.39 is 12.5 Å². The summed E-state index contributed by atoms with van der Waals surface area (Å²) in [5.74, 6) is 0. The van der Waals surface area contributed by atoms with Gasteiger partial charge in [-0.2, -0.15) is 0 Å². The zero-order chi connectivity index (χ0) is 8.69. The summed E-state index contributed by atoms with van der Waals surface area (Å²) in [4.78, 5) is 0. The molecule has 1 unspecified atom stereocenters. The van der Waals surface area contributed by atoms with E-state index in [9.17, 15) is 8.78 Å². The van der Waals surface area contributed by atoms with Gasteiger partial charge < -0.3 is 10.4 Å². The third-order valence-corrected chi connectivity index (χ3v) is 1.17. The fourth-order valence-electron chi connectivity index (χ4n) is 0.448. The van der Waals surface area contributed by atoms with Gasteiger partial charge in [-0.3, -0.25) is 0 Å². The molecule has 0 aliphatic rings. The highest BCUT2D eigenvalue weighted by Crippen LogP contribution is 1.97. The lowest BCUT2D eigenvalue weighted by atomic mass is 10.4. The molecule has 5 heteroatoms. The molecule has 0 bridgehead atoms. The number of hydrogen-bond acceptors (Lipinski definition) is 2. The number of rotatable bonds is 5. The Labute approximate surface area is 68.9 Å². The molecular formula is C6H10ClF2NO. The fourth-order valence-corrected chi connectivity index (χ4v) is 0.537. The van der Waals surface area contributed by atoms with Crippen LogP contribution in [0.5, 0.6) is 0 Å². The standard InChI is InChI=1S/C6H10ClF2NO/c7-2-1-3-10-4-5(11)6(8)9/h1-2,5-6,10-11H,3-4H2/b2-1+. The van der Waals surface area contributed by atoms with Crippen molar-refractivity contribution >= 4 is 11.6 Å². The zero-order valence-electron chi connectivity index (χ0n) is 5.80. The van der Waals surface area contributed by atoms with E-state index in [1.807, 2.05) is 0 Å². The molecule has 66 valence electrons. The molecular weight excluding hydrogens is 176 g/mol. The summed E-state index contributed by atoms with van der Waals surface area (Å²) < 4.78 is 23.2. The first-order valence-electron chi connectivity index (χ1n) is 3.10. The molecule has 0 rings (SSSR count). The first-order valence-corrected chi connectivity index (χ1v) is 3.54. The van der Waals surface area contributed by atoms with Gasteiger partial charge in [-0.05, 0) is 0 Å². The Bertz CT molecular complexity index is 121. The minimum absolute atomic E-state index is 0.126. The van der Waals surface area contributed by atoms with Crippen LogP contribution in [-0.2, 0) is 0 Å². The van der Waals surface area contributed by atoms with Gasteiger partial charge in [0, 0.05) is 18.6 Å². The van der Waals surface area contributed by atoms with Gasteiger partial charge in [0.1, 0.15) is 6.10 Å². The molecule has 0 saturated carbocycles. The molecule has 0 aliphatic heterocycles. The van der Waals surface area contributed by atoms with E-state index in [-0.39, 0.29) is 6.54 Å². The molecule has 0 radical (unpaired) electrons. The van der Waals surface area contributed by atoms with Crippen LogP contribution in [0.4, 0.5) is 8.78 Å². The molecule has 2 nitrogen and oxygen atoms in total. The molecule has 0 fully saturated rings. The third-order valence-electron chi connectivity index (χ3n) is 0.996. The summed E-state index contributed by atoms with van der Waals surface area (Å²) >= 11 is 5.15. The number of nitrogens with one attached hydrogen (secondary N) is 1. The second kappa shape index (κ2) is 6.52. The predicted octanol–water partition coefficient (Wildman–Crippen LogP) is 0.955. The summed E-state index contributed by atoms with van der Waals surface area (Å²) in [5.41, 5.74) is 1.28. The van der Waals surface area contributed by atoms with Crippen LogP contribution in [0, 0.1) is 0 Å². The van der Waals surface area contributed by atoms with Crippen LogP contribution in [0.2, 0.25) is 0 Å². The molecule has 0 aliphatic carbocycles. The predicted molar refractivity (Wildman–Crippen MR) is 39.9 cm³/mol. The first kappa shape index (κ1) is 10.8. The van der Waals surface area contributed by atoms with Gasteiger partial charge in [-0.1, -0.05) is 17.7 Å². The number of hydrogen-bond donors (Lipinski definition) is 2. The Hall–Kier alpha value is -0.190. The number of aliphatic hydroxyl groups is 1. The Morgan fingerprint density at radius 2 is 2.18 bits per heavy atom. The third kappa shape index (κ3) is 6.22. The zero-order valence-corrected chi connectivity index (χ0v) is 6.56. The van der Waals surface area contributed by atoms with Gasteiger partial charge in [-0.25, -0.2) is 8.78 Å². The Balaban J connectivity index is 3.24. The molecule has 11 heavy (non-hydrogen) atoms. The minimum Gasteiger partial charge on any atom is -0.386 e. The van der Waals surface area contributed by atoms with Crippen LogP contribution in [-0.4, -0.2) is 30.7 Å². The smallest absolute Gasteiger partial charge is 0.265 e. The molecule has 0 spiro atoms. The van der Waals surface area contributed by atoms with E-state index in [2.05, 4.69) is 5.32 Å². The molecule has 0 saturated heterocycles. The van der Waals surface area contributed by atoms with Crippen molar-refractivity contribution in [2.75, 3.05) is 13.1 Å². The van der Waals surface area contributed by atoms with Gasteiger partial charge in [0.2, 0.25) is 0 Å². The Morgan fingerprint density at radius 3 is 2.64 bits per heavy atom. The summed E-state index contributed by atoms with van der Waals surface area (Å²) in [6.45, 7) is 0.256. The Kier molecular flexibility index (Phi) is 6.40. The highest BCUT2D eigenvalue weighted by molar-refractivity contribution is 6.25. The van der Waals surface area contributed by atoms with E-state index >= 15 is 0 Å². The fraction of sp³-hybridized carbons (Fsp3) is 0.667. The minimum atomic E-state index is -2.69. The van der Waals surface area contributed by atoms with Crippen LogP contribution in [0.3, 0.4) is 0 Å². The second-order valence-electron chi connectivity index (χ2n) is 1.92. The quantitative estimate of drug-likeness (QED) is 0.626. The van der Waals surface area contributed by atoms with E-state index in [0.29, 0.717) is 6.54 Å². The van der Waals surface area contributed by atoms with Crippen molar-refractivity contribution in [3.8, 4) is 0 Å². The molecule has 0 aromatic rings. The molecule has 0 aromatic heterocycles. The van der Waals surface area contributed by atoms with Gasteiger partial charge in [0.15, 0.2) is 0 Å². The highest BCUT2D eigenvalue weighted by atomic mass is 35.5. The van der Waals surface area contributed by atoms with E-state index in [1.165, 1.54) is 5.54 Å². The average Bonchev–Trinajstić information content (AvgIpc) is 1.97. The van der Waals surface area contributed by atoms with Crippen molar-refractivity contribution in [3.63, 3.8) is 0 Å². The summed E-state index contributed by atoms with van der Waals surface area (Å²) in [5, 5.41) is 11.1. The maximum absolute atomic E-state index is 11.6. The highest BCUT2D eigenvalue weighted by Gasteiger charge is 2.14. The summed E-state index contributed by atoms with van der Waals surface area (Å²) in [7, 11) is 0. The SMILES string of the molecule is OC(CNC/C=C/Cl)C(F)F. The molecule has 0 heterocycles. The Morgan fingerprint density at radius 1 is 1.55 bits per heavy atom. The van der Waals surface area contributed by atoms with Crippen LogP contribution < -0.4 is 5.32 Å².